The van der Waals surface area contributed by atoms with Gasteiger partial charge in [0.05, 0.1) is 13.0 Å². The van der Waals surface area contributed by atoms with E-state index >= 15 is 0 Å². The van der Waals surface area contributed by atoms with Crippen molar-refractivity contribution < 1.29 is 9.53 Å². The summed E-state index contributed by atoms with van der Waals surface area (Å²) in [6.07, 6.45) is 3.31. The molecule has 3 aliphatic rings. The molecule has 0 unspecified atom stereocenters. The maximum Gasteiger partial charge on any atom is 0.310 e. The first-order valence-electron chi connectivity index (χ1n) is 4.15. The highest BCUT2D eigenvalue weighted by Crippen LogP contribution is 2.33. The predicted molar refractivity (Wildman–Crippen MR) is 40.1 cm³/mol. The van der Waals surface area contributed by atoms with Gasteiger partial charge in [0.1, 0.15) is 0 Å². The summed E-state index contributed by atoms with van der Waals surface area (Å²) >= 11 is 0. The van der Waals surface area contributed by atoms with Gasteiger partial charge in [-0.3, -0.25) is 4.79 Å². The molecule has 3 rings (SSSR count). The van der Waals surface area contributed by atoms with Crippen molar-refractivity contribution >= 4 is 5.97 Å². The molecule has 3 nitrogen and oxygen atoms in total. The number of methoxy groups -OCH3 is 1. The number of hydrogen-bond donors (Lipinski definition) is 1. The number of hydrogen-bond acceptors (Lipinski definition) is 3. The van der Waals surface area contributed by atoms with Crippen molar-refractivity contribution in [2.45, 2.75) is 31.3 Å². The molecular formula is C8H13NO2. The van der Waals surface area contributed by atoms with Crippen LogP contribution in [-0.2, 0) is 9.53 Å². The zero-order valence-electron chi connectivity index (χ0n) is 6.67. The van der Waals surface area contributed by atoms with Crippen LogP contribution in [0.25, 0.3) is 0 Å². The van der Waals surface area contributed by atoms with Crippen LogP contribution < -0.4 is 5.32 Å². The molecular weight excluding hydrogens is 142 g/mol. The molecule has 0 aromatic rings. The van der Waals surface area contributed by atoms with Crippen LogP contribution in [0.5, 0.6) is 0 Å². The van der Waals surface area contributed by atoms with Gasteiger partial charge in [-0.1, -0.05) is 0 Å². The number of rotatable bonds is 1. The van der Waals surface area contributed by atoms with Crippen LogP contribution in [-0.4, -0.2) is 25.2 Å². The van der Waals surface area contributed by atoms with Crippen LogP contribution in [0.4, 0.5) is 0 Å². The van der Waals surface area contributed by atoms with Gasteiger partial charge in [-0.2, -0.15) is 0 Å². The molecule has 3 heteroatoms. The molecule has 0 spiro atoms. The van der Waals surface area contributed by atoms with E-state index in [9.17, 15) is 4.79 Å². The van der Waals surface area contributed by atoms with E-state index in [0.717, 1.165) is 12.8 Å². The molecule has 11 heavy (non-hydrogen) atoms. The molecule has 2 bridgehead atoms. The summed E-state index contributed by atoms with van der Waals surface area (Å²) in [7, 11) is 1.47. The van der Waals surface area contributed by atoms with Crippen molar-refractivity contribution in [3.8, 4) is 0 Å². The summed E-state index contributed by atoms with van der Waals surface area (Å²) < 4.78 is 4.71. The van der Waals surface area contributed by atoms with Gasteiger partial charge in [0.25, 0.3) is 0 Å². The molecule has 1 N–H and O–H groups in total. The van der Waals surface area contributed by atoms with E-state index in [0.29, 0.717) is 12.1 Å². The Bertz CT molecular complexity index is 172. The fourth-order valence-corrected chi connectivity index (χ4v) is 2.08. The van der Waals surface area contributed by atoms with Gasteiger partial charge in [-0.25, -0.2) is 0 Å². The summed E-state index contributed by atoms with van der Waals surface area (Å²) in [4.78, 5) is 11.1. The number of esters is 1. The van der Waals surface area contributed by atoms with Crippen molar-refractivity contribution in [3.63, 3.8) is 0 Å². The normalized spacial score (nSPS) is 41.0. The molecule has 0 aromatic heterocycles. The zero-order valence-corrected chi connectivity index (χ0v) is 6.67. The Morgan fingerprint density at radius 3 is 2.73 bits per heavy atom. The van der Waals surface area contributed by atoms with Crippen molar-refractivity contribution in [3.05, 3.63) is 0 Å². The second-order valence-electron chi connectivity index (χ2n) is 3.41. The topological polar surface area (TPSA) is 38.3 Å². The summed E-state index contributed by atoms with van der Waals surface area (Å²) in [5.41, 5.74) is 0. The van der Waals surface area contributed by atoms with E-state index in [2.05, 4.69) is 5.32 Å². The average molecular weight is 155 g/mol. The van der Waals surface area contributed by atoms with E-state index < -0.39 is 0 Å². The van der Waals surface area contributed by atoms with E-state index in [1.807, 2.05) is 0 Å². The van der Waals surface area contributed by atoms with Crippen molar-refractivity contribution in [2.75, 3.05) is 7.11 Å². The van der Waals surface area contributed by atoms with Gasteiger partial charge in [-0.15, -0.1) is 0 Å². The Labute approximate surface area is 66.1 Å². The third-order valence-electron chi connectivity index (χ3n) is 2.80. The number of carbonyl (C=O) groups excluding carboxylic acids is 1. The molecule has 0 amide bonds. The summed E-state index contributed by atoms with van der Waals surface area (Å²) in [5, 5.41) is 3.34. The van der Waals surface area contributed by atoms with Gasteiger partial charge in [0.15, 0.2) is 0 Å². The minimum Gasteiger partial charge on any atom is -0.469 e. The van der Waals surface area contributed by atoms with Crippen molar-refractivity contribution in [1.82, 2.24) is 5.32 Å². The Morgan fingerprint density at radius 2 is 2.27 bits per heavy atom. The molecule has 62 valence electrons. The maximum absolute atomic E-state index is 11.1. The first-order chi connectivity index (χ1) is 5.31. The van der Waals surface area contributed by atoms with Gasteiger partial charge < -0.3 is 10.1 Å². The number of ether oxygens (including phenoxy) is 1. The first kappa shape index (κ1) is 7.10. The Hall–Kier alpha value is -0.570. The second-order valence-corrected chi connectivity index (χ2v) is 3.41. The second kappa shape index (κ2) is 2.48. The van der Waals surface area contributed by atoms with Crippen LogP contribution in [0.2, 0.25) is 0 Å². The molecule has 2 heterocycles. The number of nitrogens with one attached hydrogen (secondary N) is 1. The van der Waals surface area contributed by atoms with Crippen molar-refractivity contribution in [2.24, 2.45) is 5.92 Å². The summed E-state index contributed by atoms with van der Waals surface area (Å²) in [6.45, 7) is 0. The van der Waals surface area contributed by atoms with Crippen LogP contribution in [0, 0.1) is 5.92 Å². The Morgan fingerprint density at radius 1 is 1.55 bits per heavy atom. The van der Waals surface area contributed by atoms with E-state index in [4.69, 9.17) is 4.74 Å². The lowest BCUT2D eigenvalue weighted by molar-refractivity contribution is -0.149. The fourth-order valence-electron chi connectivity index (χ4n) is 2.08. The molecule has 2 saturated heterocycles. The van der Waals surface area contributed by atoms with Crippen molar-refractivity contribution in [1.29, 1.82) is 0 Å². The molecule has 0 aromatic carbocycles. The summed E-state index contributed by atoms with van der Waals surface area (Å²) in [5.74, 6) is 0.0886. The van der Waals surface area contributed by atoms with E-state index in [1.54, 1.807) is 0 Å². The third kappa shape index (κ3) is 1.03. The van der Waals surface area contributed by atoms with E-state index in [-0.39, 0.29) is 11.9 Å². The lowest BCUT2D eigenvalue weighted by Crippen LogP contribution is -2.61. The van der Waals surface area contributed by atoms with Gasteiger partial charge >= 0.3 is 5.97 Å². The first-order valence-corrected chi connectivity index (χ1v) is 4.15. The third-order valence-corrected chi connectivity index (χ3v) is 2.80. The quantitative estimate of drug-likeness (QED) is 0.553. The van der Waals surface area contributed by atoms with Crippen LogP contribution in [0.1, 0.15) is 19.3 Å². The van der Waals surface area contributed by atoms with Gasteiger partial charge in [0.2, 0.25) is 0 Å². The van der Waals surface area contributed by atoms with Gasteiger partial charge in [0, 0.05) is 12.1 Å². The highest BCUT2D eigenvalue weighted by molar-refractivity contribution is 5.73. The zero-order chi connectivity index (χ0) is 7.84. The number of carbonyl (C=O) groups is 1. The van der Waals surface area contributed by atoms with E-state index in [1.165, 1.54) is 13.5 Å². The molecule has 1 aliphatic carbocycles. The van der Waals surface area contributed by atoms with Gasteiger partial charge in [-0.05, 0) is 19.3 Å². The number of fused-ring (bicyclic) bond motifs is 2. The highest BCUT2D eigenvalue weighted by Gasteiger charge is 2.43. The average Bonchev–Trinajstić information content (AvgIpc) is 2.02. The van der Waals surface area contributed by atoms with Crippen LogP contribution >= 0.6 is 0 Å². The molecule has 1 saturated carbocycles. The molecule has 2 aliphatic heterocycles. The fraction of sp³-hybridized carbons (Fsp3) is 0.875. The SMILES string of the molecule is COC(=O)[C@@H]1CC[C@@H]2C[C@H]1N2. The maximum atomic E-state index is 11.1. The molecule has 3 atom stereocenters. The monoisotopic (exact) mass is 155 g/mol. The predicted octanol–water partition coefficient (Wildman–Crippen LogP) is 0.300. The Balaban J connectivity index is 1.97. The van der Waals surface area contributed by atoms with Crippen LogP contribution in [0.3, 0.4) is 0 Å². The number of piperidine rings is 1. The molecule has 0 radical (unpaired) electrons. The minimum atomic E-state index is -0.0411. The smallest absolute Gasteiger partial charge is 0.310 e. The largest absolute Gasteiger partial charge is 0.469 e. The lowest BCUT2D eigenvalue weighted by Gasteiger charge is -2.46. The Kier molecular flexibility index (Phi) is 1.60. The lowest BCUT2D eigenvalue weighted by atomic mass is 9.75. The summed E-state index contributed by atoms with van der Waals surface area (Å²) in [6, 6.07) is 1.11. The minimum absolute atomic E-state index is 0.0411. The van der Waals surface area contributed by atoms with Crippen LogP contribution in [0.15, 0.2) is 0 Å². The standard InChI is InChI=1S/C8H13NO2/c1-11-8(10)6-3-2-5-4-7(6)9-5/h5-7,9H,2-4H2,1H3/t5-,6-,7-/m1/s1. The molecule has 3 fully saturated rings. The highest BCUT2D eigenvalue weighted by atomic mass is 16.5.